The van der Waals surface area contributed by atoms with Gasteiger partial charge in [-0.2, -0.15) is 0 Å². The Bertz CT molecular complexity index is 852. The lowest BCUT2D eigenvalue weighted by Gasteiger charge is -2.30. The van der Waals surface area contributed by atoms with Gasteiger partial charge in [0.25, 0.3) is 5.91 Å². The summed E-state index contributed by atoms with van der Waals surface area (Å²) in [4.78, 5) is 27.4. The maximum atomic E-state index is 13.1. The number of aryl methyl sites for hydroxylation is 2. The smallest absolute Gasteiger partial charge is 0.261 e. The van der Waals surface area contributed by atoms with Crippen molar-refractivity contribution in [1.82, 2.24) is 10.2 Å². The molecule has 0 aromatic heterocycles. The molecule has 1 atom stereocenters. The predicted octanol–water partition coefficient (Wildman–Crippen LogP) is 4.67. The number of nitrogens with one attached hydrogen (secondary N) is 1. The van der Waals surface area contributed by atoms with Crippen LogP contribution in [0.15, 0.2) is 42.5 Å². The van der Waals surface area contributed by atoms with E-state index in [1.54, 1.807) is 23.1 Å². The van der Waals surface area contributed by atoms with Crippen LogP contribution in [0.2, 0.25) is 5.02 Å². The van der Waals surface area contributed by atoms with Crippen LogP contribution in [0.1, 0.15) is 43.4 Å². The summed E-state index contributed by atoms with van der Waals surface area (Å²) in [5, 5.41) is 3.56. The number of carbonyl (C=O) groups excluding carboxylic acids is 2. The van der Waals surface area contributed by atoms with Gasteiger partial charge >= 0.3 is 0 Å². The number of halogens is 1. The maximum Gasteiger partial charge on any atom is 0.261 e. The molecule has 30 heavy (non-hydrogen) atoms. The van der Waals surface area contributed by atoms with Gasteiger partial charge in [0.2, 0.25) is 5.91 Å². The van der Waals surface area contributed by atoms with Crippen LogP contribution in [0, 0.1) is 13.8 Å². The van der Waals surface area contributed by atoms with E-state index in [0.717, 1.165) is 23.1 Å². The van der Waals surface area contributed by atoms with Crippen molar-refractivity contribution in [3.8, 4) is 5.75 Å². The highest BCUT2D eigenvalue weighted by Crippen LogP contribution is 2.21. The van der Waals surface area contributed by atoms with Crippen LogP contribution in [0.5, 0.6) is 5.75 Å². The van der Waals surface area contributed by atoms with Crippen LogP contribution < -0.4 is 10.1 Å². The average Bonchev–Trinajstić information content (AvgIpc) is 2.74. The number of amides is 2. The maximum absolute atomic E-state index is 13.1. The molecule has 0 aliphatic heterocycles. The first-order valence-corrected chi connectivity index (χ1v) is 10.7. The van der Waals surface area contributed by atoms with Crippen LogP contribution in [0.4, 0.5) is 0 Å². The number of rotatable bonds is 10. The topological polar surface area (TPSA) is 58.6 Å². The first-order chi connectivity index (χ1) is 14.3. The second-order valence-corrected chi connectivity index (χ2v) is 7.83. The van der Waals surface area contributed by atoms with Crippen molar-refractivity contribution in [3.05, 3.63) is 64.2 Å². The van der Waals surface area contributed by atoms with Gasteiger partial charge in [0.05, 0.1) is 0 Å². The van der Waals surface area contributed by atoms with Crippen molar-refractivity contribution >= 4 is 23.4 Å². The van der Waals surface area contributed by atoms with Gasteiger partial charge in [-0.25, -0.2) is 0 Å². The lowest BCUT2D eigenvalue weighted by atomic mass is 10.1. The van der Waals surface area contributed by atoms with Crippen LogP contribution in [0.3, 0.4) is 0 Å². The molecular formula is C24H31ClN2O3. The van der Waals surface area contributed by atoms with Crippen molar-refractivity contribution in [2.45, 2.75) is 53.1 Å². The van der Waals surface area contributed by atoms with Gasteiger partial charge < -0.3 is 15.0 Å². The average molecular weight is 431 g/mol. The van der Waals surface area contributed by atoms with E-state index >= 15 is 0 Å². The molecule has 6 heteroatoms. The SMILES string of the molecule is CCCNC(=O)C(CC)N(Cc1ccc(C)cc1)C(=O)COc1ccc(Cl)c(C)c1. The van der Waals surface area contributed by atoms with Crippen LogP contribution >= 0.6 is 11.6 Å². The molecule has 162 valence electrons. The van der Waals surface area contributed by atoms with Gasteiger partial charge in [0.15, 0.2) is 6.61 Å². The largest absolute Gasteiger partial charge is 0.484 e. The molecule has 0 spiro atoms. The number of nitrogens with zero attached hydrogens (tertiary/aromatic N) is 1. The molecule has 2 rings (SSSR count). The Morgan fingerprint density at radius 3 is 2.40 bits per heavy atom. The minimum absolute atomic E-state index is 0.137. The van der Waals surface area contributed by atoms with E-state index in [4.69, 9.17) is 16.3 Å². The molecule has 2 aromatic carbocycles. The Hall–Kier alpha value is -2.53. The lowest BCUT2D eigenvalue weighted by molar-refractivity contribution is -0.143. The minimum Gasteiger partial charge on any atom is -0.484 e. The first kappa shape index (κ1) is 23.7. The Balaban J connectivity index is 2.18. The molecule has 0 aliphatic rings. The zero-order valence-electron chi connectivity index (χ0n) is 18.2. The molecule has 1 N–H and O–H groups in total. The van der Waals surface area contributed by atoms with Crippen LogP contribution in [0.25, 0.3) is 0 Å². The standard InChI is InChI=1S/C24H31ClN2O3/c1-5-13-26-24(29)22(6-2)27(15-19-9-7-17(3)8-10-19)23(28)16-30-20-11-12-21(25)18(4)14-20/h7-12,14,22H,5-6,13,15-16H2,1-4H3,(H,26,29). The van der Waals surface area contributed by atoms with E-state index in [-0.39, 0.29) is 18.4 Å². The van der Waals surface area contributed by atoms with Gasteiger partial charge in [0, 0.05) is 18.1 Å². The van der Waals surface area contributed by atoms with E-state index < -0.39 is 6.04 Å². The van der Waals surface area contributed by atoms with E-state index in [1.807, 2.05) is 52.0 Å². The van der Waals surface area contributed by atoms with Crippen molar-refractivity contribution in [3.63, 3.8) is 0 Å². The van der Waals surface area contributed by atoms with Gasteiger partial charge in [0.1, 0.15) is 11.8 Å². The van der Waals surface area contributed by atoms with E-state index in [9.17, 15) is 9.59 Å². The molecule has 5 nitrogen and oxygen atoms in total. The fourth-order valence-corrected chi connectivity index (χ4v) is 3.23. The van der Waals surface area contributed by atoms with E-state index in [0.29, 0.717) is 30.3 Å². The molecule has 2 amide bonds. The summed E-state index contributed by atoms with van der Waals surface area (Å²) in [6, 6.07) is 12.7. The predicted molar refractivity (Wildman–Crippen MR) is 121 cm³/mol. The van der Waals surface area contributed by atoms with Crippen LogP contribution in [-0.2, 0) is 16.1 Å². The third kappa shape index (κ3) is 6.77. The zero-order chi connectivity index (χ0) is 22.1. The number of hydrogen-bond acceptors (Lipinski definition) is 3. The second kappa shape index (κ2) is 11.6. The fraction of sp³-hybridized carbons (Fsp3) is 0.417. The Labute approximate surface area is 184 Å². The van der Waals surface area contributed by atoms with Crippen molar-refractivity contribution in [2.75, 3.05) is 13.2 Å². The normalized spacial score (nSPS) is 11.6. The molecule has 2 aromatic rings. The summed E-state index contributed by atoms with van der Waals surface area (Å²) >= 11 is 6.06. The zero-order valence-corrected chi connectivity index (χ0v) is 19.0. The molecule has 0 fully saturated rings. The van der Waals surface area contributed by atoms with Gasteiger partial charge in [-0.15, -0.1) is 0 Å². The number of carbonyl (C=O) groups is 2. The number of ether oxygens (including phenoxy) is 1. The molecule has 0 heterocycles. The lowest BCUT2D eigenvalue weighted by Crippen LogP contribution is -2.50. The molecular weight excluding hydrogens is 400 g/mol. The third-order valence-corrected chi connectivity index (χ3v) is 5.32. The molecule has 0 bridgehead atoms. The van der Waals surface area contributed by atoms with Crippen molar-refractivity contribution < 1.29 is 14.3 Å². The van der Waals surface area contributed by atoms with Crippen molar-refractivity contribution in [2.24, 2.45) is 0 Å². The summed E-state index contributed by atoms with van der Waals surface area (Å²) in [6.45, 7) is 8.59. The molecule has 0 radical (unpaired) electrons. The third-order valence-electron chi connectivity index (χ3n) is 4.90. The number of hydrogen-bond donors (Lipinski definition) is 1. The highest BCUT2D eigenvalue weighted by Gasteiger charge is 2.28. The molecule has 1 unspecified atom stereocenters. The van der Waals surface area contributed by atoms with E-state index in [1.165, 1.54) is 0 Å². The molecule has 0 saturated carbocycles. The first-order valence-electron chi connectivity index (χ1n) is 10.4. The molecule has 0 saturated heterocycles. The van der Waals surface area contributed by atoms with Crippen molar-refractivity contribution in [1.29, 1.82) is 0 Å². The highest BCUT2D eigenvalue weighted by atomic mass is 35.5. The van der Waals surface area contributed by atoms with Gasteiger partial charge in [-0.1, -0.05) is 55.3 Å². The monoisotopic (exact) mass is 430 g/mol. The number of benzene rings is 2. The summed E-state index contributed by atoms with van der Waals surface area (Å²) in [5.74, 6) is 0.202. The summed E-state index contributed by atoms with van der Waals surface area (Å²) in [6.07, 6.45) is 1.36. The second-order valence-electron chi connectivity index (χ2n) is 7.42. The van der Waals surface area contributed by atoms with E-state index in [2.05, 4.69) is 5.32 Å². The Morgan fingerprint density at radius 2 is 1.80 bits per heavy atom. The quantitative estimate of drug-likeness (QED) is 0.595. The summed E-state index contributed by atoms with van der Waals surface area (Å²) in [5.41, 5.74) is 2.99. The summed E-state index contributed by atoms with van der Waals surface area (Å²) < 4.78 is 5.72. The molecule has 0 aliphatic carbocycles. The van der Waals surface area contributed by atoms with Gasteiger partial charge in [-0.3, -0.25) is 9.59 Å². The van der Waals surface area contributed by atoms with Gasteiger partial charge in [-0.05, 0) is 56.0 Å². The highest BCUT2D eigenvalue weighted by molar-refractivity contribution is 6.31. The Kier molecular flexibility index (Phi) is 9.18. The Morgan fingerprint density at radius 1 is 1.10 bits per heavy atom. The fourth-order valence-electron chi connectivity index (χ4n) is 3.11. The minimum atomic E-state index is -0.555. The van der Waals surface area contributed by atoms with Crippen LogP contribution in [-0.4, -0.2) is 35.9 Å². The summed E-state index contributed by atoms with van der Waals surface area (Å²) in [7, 11) is 0.